The highest BCUT2D eigenvalue weighted by molar-refractivity contribution is 9.10. The zero-order valence-corrected chi connectivity index (χ0v) is 11.7. The molecular weight excluding hydrogens is 332 g/mol. The monoisotopic (exact) mass is 341 g/mol. The lowest BCUT2D eigenvalue weighted by atomic mass is 10.1. The van der Waals surface area contributed by atoms with Crippen LogP contribution in [0.1, 0.15) is 10.4 Å². The number of hydrazine groups is 1. The molecule has 0 aliphatic carbocycles. The molecule has 1 amide bonds. The minimum atomic E-state index is -0.638. The van der Waals surface area contributed by atoms with Crippen molar-refractivity contribution in [2.24, 2.45) is 5.84 Å². The average Bonchev–Trinajstić information content (AvgIpc) is 2.42. The van der Waals surface area contributed by atoms with Crippen LogP contribution >= 0.6 is 15.9 Å². The molecule has 0 saturated carbocycles. The Morgan fingerprint density at radius 1 is 1.15 bits per heavy atom. The SMILES string of the molecule is NNc1c(F)cccc1C(=O)Nc1ccc(F)c(Br)c1. The highest BCUT2D eigenvalue weighted by atomic mass is 79.9. The number of anilines is 2. The molecule has 0 saturated heterocycles. The van der Waals surface area contributed by atoms with Gasteiger partial charge in [-0.05, 0) is 46.3 Å². The highest BCUT2D eigenvalue weighted by Gasteiger charge is 2.14. The van der Waals surface area contributed by atoms with Gasteiger partial charge in [-0.1, -0.05) is 6.07 Å². The predicted molar refractivity (Wildman–Crippen MR) is 76.3 cm³/mol. The van der Waals surface area contributed by atoms with E-state index >= 15 is 0 Å². The van der Waals surface area contributed by atoms with Gasteiger partial charge in [0.05, 0.1) is 15.7 Å². The Morgan fingerprint density at radius 3 is 2.55 bits per heavy atom. The normalized spacial score (nSPS) is 10.2. The van der Waals surface area contributed by atoms with Gasteiger partial charge in [-0.25, -0.2) is 8.78 Å². The number of nitrogens with one attached hydrogen (secondary N) is 2. The van der Waals surface area contributed by atoms with E-state index in [2.05, 4.69) is 26.7 Å². The quantitative estimate of drug-likeness (QED) is 0.592. The Hall–Kier alpha value is -1.99. The van der Waals surface area contributed by atoms with Gasteiger partial charge in [-0.15, -0.1) is 0 Å². The molecule has 0 aliphatic heterocycles. The third-order valence-corrected chi connectivity index (χ3v) is 3.19. The summed E-state index contributed by atoms with van der Waals surface area (Å²) in [5, 5.41) is 2.53. The number of hydrogen-bond donors (Lipinski definition) is 3. The van der Waals surface area contributed by atoms with Crippen molar-refractivity contribution in [3.05, 3.63) is 58.1 Å². The molecule has 0 spiro atoms. The Balaban J connectivity index is 2.28. The average molecular weight is 342 g/mol. The van der Waals surface area contributed by atoms with Gasteiger partial charge in [-0.2, -0.15) is 0 Å². The van der Waals surface area contributed by atoms with Crippen LogP contribution in [0.3, 0.4) is 0 Å². The lowest BCUT2D eigenvalue weighted by molar-refractivity contribution is 0.102. The van der Waals surface area contributed by atoms with Crippen LogP contribution in [-0.2, 0) is 0 Å². The number of rotatable bonds is 3. The van der Waals surface area contributed by atoms with Gasteiger partial charge in [0, 0.05) is 5.69 Å². The van der Waals surface area contributed by atoms with E-state index in [1.54, 1.807) is 0 Å². The molecule has 7 heteroatoms. The predicted octanol–water partition coefficient (Wildman–Crippen LogP) is 3.27. The zero-order chi connectivity index (χ0) is 14.7. The Labute approximate surface area is 122 Å². The largest absolute Gasteiger partial charge is 0.322 e. The third kappa shape index (κ3) is 2.94. The fourth-order valence-corrected chi connectivity index (χ4v) is 2.01. The first-order valence-electron chi connectivity index (χ1n) is 5.54. The molecule has 0 aliphatic rings. The van der Waals surface area contributed by atoms with E-state index in [0.29, 0.717) is 5.69 Å². The van der Waals surface area contributed by atoms with Crippen molar-refractivity contribution in [2.45, 2.75) is 0 Å². The molecule has 0 unspecified atom stereocenters. The van der Waals surface area contributed by atoms with Gasteiger partial charge in [0.1, 0.15) is 11.6 Å². The maximum atomic E-state index is 13.5. The molecular formula is C13H10BrF2N3O. The Bertz CT molecular complexity index is 664. The van der Waals surface area contributed by atoms with Crippen molar-refractivity contribution >= 4 is 33.2 Å². The van der Waals surface area contributed by atoms with Crippen LogP contribution in [0.25, 0.3) is 0 Å². The second-order valence-corrected chi connectivity index (χ2v) is 4.74. The number of para-hydroxylation sites is 1. The van der Waals surface area contributed by atoms with E-state index in [4.69, 9.17) is 5.84 Å². The van der Waals surface area contributed by atoms with Crippen molar-refractivity contribution in [3.8, 4) is 0 Å². The fraction of sp³-hybridized carbons (Fsp3) is 0. The highest BCUT2D eigenvalue weighted by Crippen LogP contribution is 2.23. The number of amides is 1. The standard InChI is InChI=1S/C13H10BrF2N3O/c14-9-6-7(4-5-10(9)15)18-13(20)8-2-1-3-11(16)12(8)19-17/h1-6,19H,17H2,(H,18,20). The van der Waals surface area contributed by atoms with Crippen LogP contribution in [0, 0.1) is 11.6 Å². The van der Waals surface area contributed by atoms with Gasteiger partial charge in [0.2, 0.25) is 0 Å². The number of hydrogen-bond acceptors (Lipinski definition) is 3. The van der Waals surface area contributed by atoms with E-state index in [9.17, 15) is 13.6 Å². The number of halogens is 3. The number of carbonyl (C=O) groups excluding carboxylic acids is 1. The van der Waals surface area contributed by atoms with Gasteiger partial charge in [-0.3, -0.25) is 10.6 Å². The molecule has 0 heterocycles. The van der Waals surface area contributed by atoms with Gasteiger partial charge >= 0.3 is 0 Å². The summed E-state index contributed by atoms with van der Waals surface area (Å²) in [6, 6.07) is 8.00. The number of nitrogen functional groups attached to an aromatic ring is 1. The van der Waals surface area contributed by atoms with E-state index in [-0.39, 0.29) is 15.7 Å². The number of carbonyl (C=O) groups is 1. The lowest BCUT2D eigenvalue weighted by Crippen LogP contribution is -2.18. The topological polar surface area (TPSA) is 67.1 Å². The van der Waals surface area contributed by atoms with Crippen molar-refractivity contribution in [1.82, 2.24) is 0 Å². The summed E-state index contributed by atoms with van der Waals surface area (Å²) in [7, 11) is 0. The molecule has 0 radical (unpaired) electrons. The van der Waals surface area contributed by atoms with Crippen LogP contribution in [-0.4, -0.2) is 5.91 Å². The molecule has 0 aromatic heterocycles. The number of nitrogens with two attached hydrogens (primary N) is 1. The third-order valence-electron chi connectivity index (χ3n) is 2.58. The molecule has 2 aromatic rings. The Kier molecular flexibility index (Phi) is 4.31. The fourth-order valence-electron chi connectivity index (χ4n) is 1.63. The van der Waals surface area contributed by atoms with Crippen molar-refractivity contribution in [1.29, 1.82) is 0 Å². The summed E-state index contributed by atoms with van der Waals surface area (Å²) >= 11 is 3.01. The summed E-state index contributed by atoms with van der Waals surface area (Å²) in [4.78, 5) is 12.1. The van der Waals surface area contributed by atoms with Gasteiger partial charge in [0.25, 0.3) is 5.91 Å². The summed E-state index contributed by atoms with van der Waals surface area (Å²) in [5.74, 6) is 3.56. The smallest absolute Gasteiger partial charge is 0.257 e. The van der Waals surface area contributed by atoms with Crippen LogP contribution in [0.15, 0.2) is 40.9 Å². The summed E-state index contributed by atoms with van der Waals surface area (Å²) < 4.78 is 26.8. The summed E-state index contributed by atoms with van der Waals surface area (Å²) in [5.41, 5.74) is 2.46. The van der Waals surface area contributed by atoms with Crippen molar-refractivity contribution < 1.29 is 13.6 Å². The lowest BCUT2D eigenvalue weighted by Gasteiger charge is -2.10. The van der Waals surface area contributed by atoms with Crippen LogP contribution in [0.5, 0.6) is 0 Å². The van der Waals surface area contributed by atoms with Crippen LogP contribution < -0.4 is 16.6 Å². The molecule has 2 aromatic carbocycles. The first-order valence-corrected chi connectivity index (χ1v) is 6.33. The second-order valence-electron chi connectivity index (χ2n) is 3.89. The molecule has 4 nitrogen and oxygen atoms in total. The molecule has 0 atom stereocenters. The van der Waals surface area contributed by atoms with Crippen molar-refractivity contribution in [3.63, 3.8) is 0 Å². The van der Waals surface area contributed by atoms with E-state index < -0.39 is 17.5 Å². The number of benzene rings is 2. The zero-order valence-electron chi connectivity index (χ0n) is 10.1. The first-order chi connectivity index (χ1) is 9.52. The molecule has 0 fully saturated rings. The summed E-state index contributed by atoms with van der Waals surface area (Å²) in [6.07, 6.45) is 0. The summed E-state index contributed by atoms with van der Waals surface area (Å²) in [6.45, 7) is 0. The second kappa shape index (κ2) is 5.98. The molecule has 2 rings (SSSR count). The minimum Gasteiger partial charge on any atom is -0.322 e. The van der Waals surface area contributed by atoms with Crippen LogP contribution in [0.4, 0.5) is 20.2 Å². The molecule has 104 valence electrons. The first kappa shape index (κ1) is 14.4. The van der Waals surface area contributed by atoms with Gasteiger partial charge < -0.3 is 10.7 Å². The van der Waals surface area contributed by atoms with E-state index in [0.717, 1.165) is 0 Å². The van der Waals surface area contributed by atoms with Gasteiger partial charge in [0.15, 0.2) is 0 Å². The molecule has 20 heavy (non-hydrogen) atoms. The van der Waals surface area contributed by atoms with E-state index in [1.165, 1.54) is 36.4 Å². The van der Waals surface area contributed by atoms with Crippen LogP contribution in [0.2, 0.25) is 0 Å². The maximum absolute atomic E-state index is 13.5. The minimum absolute atomic E-state index is 0.0490. The van der Waals surface area contributed by atoms with E-state index in [1.807, 2.05) is 0 Å². The molecule has 0 bridgehead atoms. The Morgan fingerprint density at radius 2 is 1.90 bits per heavy atom. The van der Waals surface area contributed by atoms with Crippen molar-refractivity contribution in [2.75, 3.05) is 10.7 Å². The maximum Gasteiger partial charge on any atom is 0.257 e. The molecule has 4 N–H and O–H groups in total.